The molecule has 1 aromatic carbocycles. The quantitative estimate of drug-likeness (QED) is 0.517. The Balaban J connectivity index is 1.84. The Morgan fingerprint density at radius 3 is 2.55 bits per heavy atom. The lowest BCUT2D eigenvalue weighted by Crippen LogP contribution is -2.42. The van der Waals surface area contributed by atoms with Crippen molar-refractivity contribution < 1.29 is 9.32 Å². The lowest BCUT2D eigenvalue weighted by atomic mass is 10.0. The van der Waals surface area contributed by atoms with Crippen molar-refractivity contribution in [2.75, 3.05) is 0 Å². The molecule has 0 saturated heterocycles. The van der Waals surface area contributed by atoms with Crippen molar-refractivity contribution in [1.29, 1.82) is 0 Å². The van der Waals surface area contributed by atoms with Gasteiger partial charge in [0.1, 0.15) is 0 Å². The molecule has 1 N–H and O–H groups in total. The van der Waals surface area contributed by atoms with Crippen molar-refractivity contribution in [3.05, 3.63) is 59.4 Å². The molecule has 0 unspecified atom stereocenters. The highest BCUT2D eigenvalue weighted by molar-refractivity contribution is 6.06. The van der Waals surface area contributed by atoms with E-state index in [1.165, 1.54) is 0 Å². The molecule has 0 radical (unpaired) electrons. The number of nitrogens with zero attached hydrogens (tertiary/aromatic N) is 5. The first-order valence-corrected chi connectivity index (χ1v) is 10.2. The summed E-state index contributed by atoms with van der Waals surface area (Å²) in [7, 11) is 0. The highest BCUT2D eigenvalue weighted by atomic mass is 16.5. The largest absolute Gasteiger partial charge is 0.340 e. The molecule has 1 amide bonds. The first-order valence-electron chi connectivity index (χ1n) is 10.2. The zero-order valence-corrected chi connectivity index (χ0v) is 18.6. The first kappa shape index (κ1) is 20.7. The van der Waals surface area contributed by atoms with Crippen LogP contribution in [0.1, 0.15) is 61.4 Å². The molecular formula is C23H26N6O2. The molecule has 0 aliphatic carbocycles. The summed E-state index contributed by atoms with van der Waals surface area (Å²) in [6, 6.07) is 9.92. The summed E-state index contributed by atoms with van der Waals surface area (Å²) in [6.07, 6.45) is 1.70. The van der Waals surface area contributed by atoms with Crippen LogP contribution in [0.2, 0.25) is 0 Å². The van der Waals surface area contributed by atoms with Crippen molar-refractivity contribution in [3.8, 4) is 11.3 Å². The number of pyridine rings is 1. The maximum Gasteiger partial charge on any atom is 0.252 e. The molecule has 0 aliphatic heterocycles. The van der Waals surface area contributed by atoms with Gasteiger partial charge in [0, 0.05) is 18.5 Å². The number of rotatable bonds is 5. The predicted octanol–water partition coefficient (Wildman–Crippen LogP) is 4.34. The predicted molar refractivity (Wildman–Crippen MR) is 118 cm³/mol. The Morgan fingerprint density at radius 1 is 1.16 bits per heavy atom. The summed E-state index contributed by atoms with van der Waals surface area (Å²) in [5.74, 6) is 0.613. The minimum atomic E-state index is -0.818. The molecule has 31 heavy (non-hydrogen) atoms. The van der Waals surface area contributed by atoms with Crippen molar-refractivity contribution in [2.45, 2.75) is 53.1 Å². The SMILES string of the molecule is Cc1nc(C(C)(C)NC(=O)c2cc(-c3ccccc3C)nc3c2cnn3C(C)C)no1. The number of hydrogen-bond donors (Lipinski definition) is 1. The van der Waals surface area contributed by atoms with Crippen molar-refractivity contribution in [3.63, 3.8) is 0 Å². The topological polar surface area (TPSA) is 98.7 Å². The fourth-order valence-corrected chi connectivity index (χ4v) is 3.54. The number of aryl methyl sites for hydroxylation is 2. The van der Waals surface area contributed by atoms with Crippen LogP contribution in [0.15, 0.2) is 41.1 Å². The van der Waals surface area contributed by atoms with Gasteiger partial charge in [-0.15, -0.1) is 0 Å². The first-order chi connectivity index (χ1) is 14.7. The summed E-state index contributed by atoms with van der Waals surface area (Å²) < 4.78 is 6.93. The highest BCUT2D eigenvalue weighted by Gasteiger charge is 2.30. The molecule has 0 aliphatic rings. The molecular weight excluding hydrogens is 392 g/mol. The second kappa shape index (κ2) is 7.61. The van der Waals surface area contributed by atoms with Gasteiger partial charge in [0.15, 0.2) is 11.5 Å². The van der Waals surface area contributed by atoms with E-state index in [4.69, 9.17) is 9.51 Å². The minimum Gasteiger partial charge on any atom is -0.340 e. The van der Waals surface area contributed by atoms with Crippen molar-refractivity contribution in [1.82, 2.24) is 30.2 Å². The maximum absolute atomic E-state index is 13.4. The zero-order chi connectivity index (χ0) is 22.3. The average molecular weight is 419 g/mol. The third kappa shape index (κ3) is 3.81. The van der Waals surface area contributed by atoms with Crippen molar-refractivity contribution >= 4 is 16.9 Å². The number of fused-ring (bicyclic) bond motifs is 1. The summed E-state index contributed by atoms with van der Waals surface area (Å²) in [5, 5.41) is 12.2. The summed E-state index contributed by atoms with van der Waals surface area (Å²) >= 11 is 0. The van der Waals surface area contributed by atoms with Gasteiger partial charge in [-0.1, -0.05) is 29.4 Å². The number of aromatic nitrogens is 5. The van der Waals surface area contributed by atoms with Gasteiger partial charge in [-0.05, 0) is 46.2 Å². The molecule has 160 valence electrons. The van der Waals surface area contributed by atoms with Crippen LogP contribution in [0, 0.1) is 13.8 Å². The van der Waals surface area contributed by atoms with Crippen LogP contribution >= 0.6 is 0 Å². The van der Waals surface area contributed by atoms with Gasteiger partial charge in [-0.25, -0.2) is 9.67 Å². The zero-order valence-electron chi connectivity index (χ0n) is 18.6. The van der Waals surface area contributed by atoms with Gasteiger partial charge in [0.05, 0.1) is 28.4 Å². The molecule has 0 saturated carbocycles. The van der Waals surface area contributed by atoms with E-state index in [1.807, 2.05) is 69.6 Å². The Hall–Kier alpha value is -3.55. The van der Waals surface area contributed by atoms with Gasteiger partial charge >= 0.3 is 0 Å². The summed E-state index contributed by atoms with van der Waals surface area (Å²) in [4.78, 5) is 22.6. The number of amides is 1. The molecule has 4 aromatic rings. The van der Waals surface area contributed by atoms with Gasteiger partial charge in [0.2, 0.25) is 5.89 Å². The van der Waals surface area contributed by atoms with Gasteiger partial charge in [-0.3, -0.25) is 4.79 Å². The number of carbonyl (C=O) groups is 1. The Morgan fingerprint density at radius 2 is 1.90 bits per heavy atom. The smallest absolute Gasteiger partial charge is 0.252 e. The van der Waals surface area contributed by atoms with E-state index in [0.29, 0.717) is 28.3 Å². The van der Waals surface area contributed by atoms with Crippen molar-refractivity contribution in [2.24, 2.45) is 0 Å². The van der Waals surface area contributed by atoms with Crippen LogP contribution in [-0.2, 0) is 5.54 Å². The van der Waals surface area contributed by atoms with Crippen LogP contribution in [-0.4, -0.2) is 30.8 Å². The van der Waals surface area contributed by atoms with Crippen LogP contribution < -0.4 is 5.32 Å². The van der Waals surface area contributed by atoms with Gasteiger partial charge in [-0.2, -0.15) is 10.1 Å². The highest BCUT2D eigenvalue weighted by Crippen LogP contribution is 2.29. The standard InChI is InChI=1S/C23H26N6O2/c1-13(2)29-20-18(12-24-29)17(11-19(26-20)16-10-8-7-9-14(16)3)21(30)27-23(5,6)22-25-15(4)31-28-22/h7-13H,1-6H3,(H,27,30). The number of nitrogens with one attached hydrogen (secondary N) is 1. The Labute approximate surface area is 180 Å². The summed E-state index contributed by atoms with van der Waals surface area (Å²) in [6.45, 7) is 11.5. The molecule has 0 spiro atoms. The van der Waals surface area contributed by atoms with Crippen LogP contribution in [0.3, 0.4) is 0 Å². The lowest BCUT2D eigenvalue weighted by Gasteiger charge is -2.22. The second-order valence-electron chi connectivity index (χ2n) is 8.51. The average Bonchev–Trinajstić information content (AvgIpc) is 3.34. The molecule has 3 aromatic heterocycles. The second-order valence-corrected chi connectivity index (χ2v) is 8.51. The third-order valence-electron chi connectivity index (χ3n) is 5.23. The molecule has 8 nitrogen and oxygen atoms in total. The molecule has 0 fully saturated rings. The van der Waals surface area contributed by atoms with E-state index in [-0.39, 0.29) is 11.9 Å². The van der Waals surface area contributed by atoms with E-state index >= 15 is 0 Å². The molecule has 3 heterocycles. The van der Waals surface area contributed by atoms with E-state index in [1.54, 1.807) is 13.1 Å². The third-order valence-corrected chi connectivity index (χ3v) is 5.23. The van der Waals surface area contributed by atoms with Crippen LogP contribution in [0.25, 0.3) is 22.3 Å². The van der Waals surface area contributed by atoms with E-state index in [9.17, 15) is 4.79 Å². The molecule has 8 heteroatoms. The Bertz CT molecular complexity index is 1270. The van der Waals surface area contributed by atoms with Gasteiger partial charge in [0.25, 0.3) is 5.91 Å². The van der Waals surface area contributed by atoms with Crippen LogP contribution in [0.5, 0.6) is 0 Å². The normalized spacial score (nSPS) is 12.0. The maximum atomic E-state index is 13.4. The fraction of sp³-hybridized carbons (Fsp3) is 0.348. The van der Waals surface area contributed by atoms with E-state index < -0.39 is 5.54 Å². The van der Waals surface area contributed by atoms with E-state index in [2.05, 4.69) is 20.6 Å². The minimum absolute atomic E-state index is 0.103. The monoisotopic (exact) mass is 418 g/mol. The Kier molecular flexibility index (Phi) is 5.08. The molecule has 0 atom stereocenters. The number of hydrogen-bond acceptors (Lipinski definition) is 6. The summed E-state index contributed by atoms with van der Waals surface area (Å²) in [5.41, 5.74) is 3.15. The van der Waals surface area contributed by atoms with E-state index in [0.717, 1.165) is 16.8 Å². The molecule has 4 rings (SSSR count). The number of carbonyl (C=O) groups excluding carboxylic acids is 1. The lowest BCUT2D eigenvalue weighted by molar-refractivity contribution is 0.0909. The fourth-order valence-electron chi connectivity index (χ4n) is 3.54. The van der Waals surface area contributed by atoms with Crippen LogP contribution in [0.4, 0.5) is 0 Å². The molecule has 0 bridgehead atoms. The number of benzene rings is 1. The van der Waals surface area contributed by atoms with Gasteiger partial charge < -0.3 is 9.84 Å².